The first-order chi connectivity index (χ1) is 6.68. The van der Waals surface area contributed by atoms with E-state index in [-0.39, 0.29) is 6.10 Å². The Morgan fingerprint density at radius 2 is 2.36 bits per heavy atom. The van der Waals surface area contributed by atoms with E-state index in [2.05, 4.69) is 30.8 Å². The lowest BCUT2D eigenvalue weighted by Crippen LogP contribution is -2.22. The molecule has 14 heavy (non-hydrogen) atoms. The summed E-state index contributed by atoms with van der Waals surface area (Å²) in [4.78, 5) is 10.2. The summed E-state index contributed by atoms with van der Waals surface area (Å²) in [6, 6.07) is 0. The van der Waals surface area contributed by atoms with Crippen LogP contribution in [0.3, 0.4) is 0 Å². The summed E-state index contributed by atoms with van der Waals surface area (Å²) in [5.41, 5.74) is 0. The second kappa shape index (κ2) is 3.82. The number of hydrogen-bond donors (Lipinski definition) is 1. The van der Waals surface area contributed by atoms with Gasteiger partial charge in [0.2, 0.25) is 0 Å². The third-order valence-corrected chi connectivity index (χ3v) is 3.08. The van der Waals surface area contributed by atoms with Crippen molar-refractivity contribution < 1.29 is 5.11 Å². The van der Waals surface area contributed by atoms with E-state index in [4.69, 9.17) is 0 Å². The fourth-order valence-corrected chi connectivity index (χ4v) is 2.13. The van der Waals surface area contributed by atoms with Gasteiger partial charge in [0, 0.05) is 25.2 Å². The molecule has 2 atom stereocenters. The number of rotatable bonds is 1. The van der Waals surface area contributed by atoms with Crippen molar-refractivity contribution in [2.75, 3.05) is 18.0 Å². The van der Waals surface area contributed by atoms with Gasteiger partial charge in [0.1, 0.15) is 12.1 Å². The number of hydrogen-bond acceptors (Lipinski definition) is 4. The molecule has 1 aromatic rings. The van der Waals surface area contributed by atoms with Crippen LogP contribution in [-0.4, -0.2) is 34.3 Å². The predicted octanol–water partition coefficient (Wildman–Crippen LogP) is 1.06. The maximum atomic E-state index is 9.62. The lowest BCUT2D eigenvalue weighted by Gasteiger charge is -2.17. The van der Waals surface area contributed by atoms with Gasteiger partial charge in [0.25, 0.3) is 0 Å². The monoisotopic (exact) mass is 257 g/mol. The summed E-state index contributed by atoms with van der Waals surface area (Å²) in [5.74, 6) is 1.17. The van der Waals surface area contributed by atoms with E-state index in [0.29, 0.717) is 12.5 Å². The van der Waals surface area contributed by atoms with E-state index < -0.39 is 0 Å². The van der Waals surface area contributed by atoms with Gasteiger partial charge in [-0.2, -0.15) is 0 Å². The Kier molecular flexibility index (Phi) is 2.69. The van der Waals surface area contributed by atoms with Crippen LogP contribution in [-0.2, 0) is 0 Å². The van der Waals surface area contributed by atoms with Crippen LogP contribution in [0.2, 0.25) is 0 Å². The van der Waals surface area contributed by atoms with Gasteiger partial charge in [0.05, 0.1) is 10.6 Å². The molecule has 2 heterocycles. The molecule has 1 fully saturated rings. The summed E-state index contributed by atoms with van der Waals surface area (Å²) in [6.45, 7) is 3.54. The Bertz CT molecular complexity index is 324. The maximum absolute atomic E-state index is 9.62. The number of aliphatic hydroxyl groups excluding tert-OH is 1. The quantitative estimate of drug-likeness (QED) is 0.818. The second-order valence-electron chi connectivity index (χ2n) is 3.64. The SMILES string of the molecule is CC1CN(c2ncncc2Br)CC1O. The molecular formula is C9H12BrN3O. The minimum Gasteiger partial charge on any atom is -0.391 e. The molecule has 0 aromatic carbocycles. The van der Waals surface area contributed by atoms with E-state index in [1.165, 1.54) is 6.33 Å². The molecule has 0 saturated carbocycles. The Morgan fingerprint density at radius 3 is 2.93 bits per heavy atom. The Morgan fingerprint density at radius 1 is 1.57 bits per heavy atom. The molecule has 1 N–H and O–H groups in total. The summed E-state index contributed by atoms with van der Waals surface area (Å²) in [7, 11) is 0. The van der Waals surface area contributed by atoms with Crippen LogP contribution in [0.15, 0.2) is 17.0 Å². The first-order valence-corrected chi connectivity index (χ1v) is 5.36. The van der Waals surface area contributed by atoms with Crippen molar-refractivity contribution in [3.05, 3.63) is 17.0 Å². The van der Waals surface area contributed by atoms with Crippen molar-refractivity contribution in [3.8, 4) is 0 Å². The molecule has 1 aromatic heterocycles. The molecule has 0 amide bonds. The molecule has 2 rings (SSSR count). The standard InChI is InChI=1S/C9H12BrN3O/c1-6-3-13(4-8(6)14)9-7(10)2-11-5-12-9/h2,5-6,8,14H,3-4H2,1H3. The van der Waals surface area contributed by atoms with Crippen LogP contribution < -0.4 is 4.90 Å². The fourth-order valence-electron chi connectivity index (χ4n) is 1.66. The van der Waals surface area contributed by atoms with Crippen LogP contribution in [0, 0.1) is 5.92 Å². The number of β-amino-alcohol motifs (C(OH)–C–C–N with tert-alkyl or cyclic N) is 1. The van der Waals surface area contributed by atoms with Crippen molar-refractivity contribution in [3.63, 3.8) is 0 Å². The predicted molar refractivity (Wildman–Crippen MR) is 57.1 cm³/mol. The topological polar surface area (TPSA) is 49.2 Å². The van der Waals surface area contributed by atoms with Crippen molar-refractivity contribution >= 4 is 21.7 Å². The summed E-state index contributed by atoms with van der Waals surface area (Å²) in [5, 5.41) is 9.62. The minimum atomic E-state index is -0.253. The van der Waals surface area contributed by atoms with Gasteiger partial charge in [0.15, 0.2) is 0 Å². The third-order valence-electron chi connectivity index (χ3n) is 2.52. The molecule has 1 saturated heterocycles. The molecule has 1 aliphatic rings. The van der Waals surface area contributed by atoms with Crippen molar-refractivity contribution in [2.45, 2.75) is 13.0 Å². The molecule has 0 radical (unpaired) electrons. The second-order valence-corrected chi connectivity index (χ2v) is 4.50. The smallest absolute Gasteiger partial charge is 0.146 e. The van der Waals surface area contributed by atoms with Crippen LogP contribution in [0.5, 0.6) is 0 Å². The highest BCUT2D eigenvalue weighted by Gasteiger charge is 2.29. The van der Waals surface area contributed by atoms with E-state index in [0.717, 1.165) is 16.8 Å². The van der Waals surface area contributed by atoms with Gasteiger partial charge in [-0.15, -0.1) is 0 Å². The zero-order valence-corrected chi connectivity index (χ0v) is 9.48. The van der Waals surface area contributed by atoms with E-state index in [1.807, 2.05) is 6.92 Å². The molecule has 4 nitrogen and oxygen atoms in total. The lowest BCUT2D eigenvalue weighted by atomic mass is 10.1. The fraction of sp³-hybridized carbons (Fsp3) is 0.556. The molecule has 2 unspecified atom stereocenters. The van der Waals surface area contributed by atoms with Gasteiger partial charge in [-0.3, -0.25) is 0 Å². The first-order valence-electron chi connectivity index (χ1n) is 4.57. The number of aromatic nitrogens is 2. The van der Waals surface area contributed by atoms with Crippen molar-refractivity contribution in [2.24, 2.45) is 5.92 Å². The molecule has 0 aliphatic carbocycles. The first kappa shape index (κ1) is 9.86. The zero-order valence-electron chi connectivity index (χ0n) is 7.89. The molecule has 0 bridgehead atoms. The van der Waals surface area contributed by atoms with Gasteiger partial charge in [-0.05, 0) is 15.9 Å². The number of nitrogens with zero attached hydrogens (tertiary/aromatic N) is 3. The van der Waals surface area contributed by atoms with Crippen molar-refractivity contribution in [1.82, 2.24) is 9.97 Å². The van der Waals surface area contributed by atoms with Gasteiger partial charge in [-0.1, -0.05) is 6.92 Å². The number of aliphatic hydroxyl groups is 1. The third kappa shape index (κ3) is 1.74. The summed E-state index contributed by atoms with van der Waals surface area (Å²) in [6.07, 6.45) is 2.99. The highest BCUT2D eigenvalue weighted by Crippen LogP contribution is 2.27. The minimum absolute atomic E-state index is 0.253. The number of anilines is 1. The Labute approximate surface area is 91.1 Å². The van der Waals surface area contributed by atoms with Crippen molar-refractivity contribution in [1.29, 1.82) is 0 Å². The van der Waals surface area contributed by atoms with E-state index >= 15 is 0 Å². The molecular weight excluding hydrogens is 246 g/mol. The maximum Gasteiger partial charge on any atom is 0.146 e. The van der Waals surface area contributed by atoms with Crippen LogP contribution in [0.4, 0.5) is 5.82 Å². The molecule has 5 heteroatoms. The lowest BCUT2D eigenvalue weighted by molar-refractivity contribution is 0.157. The van der Waals surface area contributed by atoms with Gasteiger partial charge >= 0.3 is 0 Å². The highest BCUT2D eigenvalue weighted by atomic mass is 79.9. The van der Waals surface area contributed by atoms with E-state index in [9.17, 15) is 5.11 Å². The number of halogens is 1. The van der Waals surface area contributed by atoms with Crippen LogP contribution in [0.1, 0.15) is 6.92 Å². The molecule has 0 spiro atoms. The Balaban J connectivity index is 2.21. The molecule has 1 aliphatic heterocycles. The van der Waals surface area contributed by atoms with Gasteiger partial charge in [-0.25, -0.2) is 9.97 Å². The molecule has 76 valence electrons. The van der Waals surface area contributed by atoms with Crippen LogP contribution >= 0.6 is 15.9 Å². The normalized spacial score (nSPS) is 26.9. The average Bonchev–Trinajstić information content (AvgIpc) is 2.48. The highest BCUT2D eigenvalue weighted by molar-refractivity contribution is 9.10. The summed E-state index contributed by atoms with van der Waals surface area (Å²) < 4.78 is 0.876. The van der Waals surface area contributed by atoms with Gasteiger partial charge < -0.3 is 10.0 Å². The van der Waals surface area contributed by atoms with E-state index in [1.54, 1.807) is 6.20 Å². The summed E-state index contributed by atoms with van der Waals surface area (Å²) >= 11 is 3.40. The zero-order chi connectivity index (χ0) is 10.1. The van der Waals surface area contributed by atoms with Crippen LogP contribution in [0.25, 0.3) is 0 Å². The average molecular weight is 258 g/mol. The largest absolute Gasteiger partial charge is 0.391 e. The Hall–Kier alpha value is -0.680.